The summed E-state index contributed by atoms with van der Waals surface area (Å²) in [5, 5.41) is 2.88. The number of amides is 2. The Balaban J connectivity index is 2.12. The number of rotatable bonds is 4. The van der Waals surface area contributed by atoms with Gasteiger partial charge in [0.1, 0.15) is 0 Å². The van der Waals surface area contributed by atoms with E-state index in [4.69, 9.17) is 5.84 Å². The molecule has 0 aromatic heterocycles. The first-order valence-corrected chi connectivity index (χ1v) is 6.77. The van der Waals surface area contributed by atoms with Gasteiger partial charge in [0.25, 0.3) is 5.91 Å². The Bertz CT molecular complexity index is 504. The summed E-state index contributed by atoms with van der Waals surface area (Å²) in [5.41, 5.74) is 3.65. The van der Waals surface area contributed by atoms with Crippen molar-refractivity contribution in [3.8, 4) is 0 Å². The summed E-state index contributed by atoms with van der Waals surface area (Å²) in [4.78, 5) is 25.5. The fourth-order valence-corrected chi connectivity index (χ4v) is 2.52. The second kappa shape index (κ2) is 6.49. The van der Waals surface area contributed by atoms with Gasteiger partial charge in [-0.1, -0.05) is 19.1 Å². The summed E-state index contributed by atoms with van der Waals surface area (Å²) in [5.74, 6) is 4.91. The average molecular weight is 276 g/mol. The number of nitrogens with one attached hydrogen (secondary N) is 2. The summed E-state index contributed by atoms with van der Waals surface area (Å²) in [6, 6.07) is 7.20. The molecule has 4 N–H and O–H groups in total. The Morgan fingerprint density at radius 1 is 1.55 bits per heavy atom. The Labute approximate surface area is 118 Å². The topological polar surface area (TPSA) is 87.5 Å². The van der Waals surface area contributed by atoms with Gasteiger partial charge in [0.15, 0.2) is 0 Å². The molecule has 1 aromatic rings. The number of carbonyl (C=O) groups is 2. The number of nitrogens with two attached hydrogens (primary N) is 1. The molecule has 0 radical (unpaired) electrons. The van der Waals surface area contributed by atoms with E-state index in [1.54, 1.807) is 12.1 Å². The number of piperazine rings is 1. The Morgan fingerprint density at radius 2 is 2.35 bits per heavy atom. The first-order valence-electron chi connectivity index (χ1n) is 6.77. The standard InChI is InChI=1S/C14H20N4O2/c1-2-12-14(20)16-6-7-18(12)9-10-4-3-5-11(8-10)13(19)17-15/h3-5,8,12H,2,6-7,9,15H2,1H3,(H,16,20)(H,17,19). The van der Waals surface area contributed by atoms with E-state index in [-0.39, 0.29) is 17.9 Å². The molecule has 0 aliphatic carbocycles. The van der Waals surface area contributed by atoms with Gasteiger partial charge >= 0.3 is 0 Å². The van der Waals surface area contributed by atoms with E-state index in [2.05, 4.69) is 15.6 Å². The molecule has 20 heavy (non-hydrogen) atoms. The third kappa shape index (κ3) is 3.15. The molecule has 1 fully saturated rings. The van der Waals surface area contributed by atoms with Crippen molar-refractivity contribution in [2.75, 3.05) is 13.1 Å². The van der Waals surface area contributed by atoms with Gasteiger partial charge in [-0.3, -0.25) is 19.9 Å². The van der Waals surface area contributed by atoms with Gasteiger partial charge in [-0.25, -0.2) is 5.84 Å². The largest absolute Gasteiger partial charge is 0.353 e. The van der Waals surface area contributed by atoms with Crippen molar-refractivity contribution in [2.45, 2.75) is 25.9 Å². The summed E-state index contributed by atoms with van der Waals surface area (Å²) in [6.07, 6.45) is 0.773. The zero-order valence-corrected chi connectivity index (χ0v) is 11.6. The molecule has 0 bridgehead atoms. The molecule has 6 heteroatoms. The highest BCUT2D eigenvalue weighted by Crippen LogP contribution is 2.14. The molecule has 0 saturated carbocycles. The minimum Gasteiger partial charge on any atom is -0.353 e. The number of nitrogens with zero attached hydrogens (tertiary/aromatic N) is 1. The summed E-state index contributed by atoms with van der Waals surface area (Å²) in [6.45, 7) is 4.13. The summed E-state index contributed by atoms with van der Waals surface area (Å²) < 4.78 is 0. The molecule has 0 spiro atoms. The van der Waals surface area contributed by atoms with Gasteiger partial charge in [0, 0.05) is 25.2 Å². The van der Waals surface area contributed by atoms with Crippen LogP contribution in [0, 0.1) is 0 Å². The molecule has 1 aromatic carbocycles. The van der Waals surface area contributed by atoms with Crippen LogP contribution in [0.15, 0.2) is 24.3 Å². The van der Waals surface area contributed by atoms with Crippen molar-refractivity contribution in [3.05, 3.63) is 35.4 Å². The fraction of sp³-hybridized carbons (Fsp3) is 0.429. The maximum atomic E-state index is 11.8. The van der Waals surface area contributed by atoms with Crippen LogP contribution in [0.2, 0.25) is 0 Å². The highest BCUT2D eigenvalue weighted by Gasteiger charge is 2.27. The zero-order valence-electron chi connectivity index (χ0n) is 11.6. The van der Waals surface area contributed by atoms with E-state index in [9.17, 15) is 9.59 Å². The van der Waals surface area contributed by atoms with E-state index in [1.165, 1.54) is 0 Å². The Hall–Kier alpha value is -1.92. The molecule has 1 atom stereocenters. The van der Waals surface area contributed by atoms with Crippen LogP contribution in [0.25, 0.3) is 0 Å². The third-order valence-electron chi connectivity index (χ3n) is 3.53. The number of carbonyl (C=O) groups excluding carboxylic acids is 2. The lowest BCUT2D eigenvalue weighted by atomic mass is 10.1. The van der Waals surface area contributed by atoms with Crippen molar-refractivity contribution in [1.82, 2.24) is 15.6 Å². The van der Waals surface area contributed by atoms with Crippen molar-refractivity contribution in [1.29, 1.82) is 0 Å². The monoisotopic (exact) mass is 276 g/mol. The molecule has 2 amide bonds. The predicted octanol–water partition coefficient (Wildman–Crippen LogP) is 0.000500. The number of hydrazine groups is 1. The smallest absolute Gasteiger partial charge is 0.265 e. The lowest BCUT2D eigenvalue weighted by Gasteiger charge is -2.34. The normalized spacial score (nSPS) is 19.5. The van der Waals surface area contributed by atoms with Gasteiger partial charge in [-0.05, 0) is 24.1 Å². The number of hydrogen-bond donors (Lipinski definition) is 3. The van der Waals surface area contributed by atoms with Crippen LogP contribution in [0.5, 0.6) is 0 Å². The highest BCUT2D eigenvalue weighted by molar-refractivity contribution is 5.93. The first-order chi connectivity index (χ1) is 9.65. The van der Waals surface area contributed by atoms with Crippen LogP contribution >= 0.6 is 0 Å². The molecule has 108 valence electrons. The van der Waals surface area contributed by atoms with Gasteiger partial charge in [-0.2, -0.15) is 0 Å². The minimum atomic E-state index is -0.310. The van der Waals surface area contributed by atoms with Crippen LogP contribution in [0.1, 0.15) is 29.3 Å². The van der Waals surface area contributed by atoms with Crippen LogP contribution in [0.4, 0.5) is 0 Å². The molecular weight excluding hydrogens is 256 g/mol. The van der Waals surface area contributed by atoms with Crippen LogP contribution in [-0.4, -0.2) is 35.8 Å². The lowest BCUT2D eigenvalue weighted by molar-refractivity contribution is -0.129. The van der Waals surface area contributed by atoms with E-state index < -0.39 is 0 Å². The SMILES string of the molecule is CCC1C(=O)NCCN1Cc1cccc(C(=O)NN)c1. The van der Waals surface area contributed by atoms with E-state index in [0.29, 0.717) is 18.7 Å². The molecule has 2 rings (SSSR count). The van der Waals surface area contributed by atoms with E-state index in [0.717, 1.165) is 18.5 Å². The average Bonchev–Trinajstić information content (AvgIpc) is 2.47. The van der Waals surface area contributed by atoms with E-state index in [1.807, 2.05) is 19.1 Å². The van der Waals surface area contributed by atoms with Crippen LogP contribution in [0.3, 0.4) is 0 Å². The zero-order chi connectivity index (χ0) is 14.5. The molecule has 1 aliphatic heterocycles. The highest BCUT2D eigenvalue weighted by atomic mass is 16.2. The molecule has 6 nitrogen and oxygen atoms in total. The minimum absolute atomic E-state index is 0.0783. The Morgan fingerprint density at radius 3 is 3.05 bits per heavy atom. The molecular formula is C14H20N4O2. The second-order valence-corrected chi connectivity index (χ2v) is 4.86. The molecule has 1 heterocycles. The van der Waals surface area contributed by atoms with Crippen molar-refractivity contribution in [2.24, 2.45) is 5.84 Å². The summed E-state index contributed by atoms with van der Waals surface area (Å²) >= 11 is 0. The third-order valence-corrected chi connectivity index (χ3v) is 3.53. The molecule has 1 unspecified atom stereocenters. The lowest BCUT2D eigenvalue weighted by Crippen LogP contribution is -2.54. The number of benzene rings is 1. The summed E-state index contributed by atoms with van der Waals surface area (Å²) in [7, 11) is 0. The van der Waals surface area contributed by atoms with Gasteiger partial charge in [-0.15, -0.1) is 0 Å². The van der Waals surface area contributed by atoms with Crippen molar-refractivity contribution in [3.63, 3.8) is 0 Å². The second-order valence-electron chi connectivity index (χ2n) is 4.86. The van der Waals surface area contributed by atoms with Crippen molar-refractivity contribution < 1.29 is 9.59 Å². The number of nitrogen functional groups attached to an aromatic ring is 1. The maximum absolute atomic E-state index is 11.8. The molecule has 1 saturated heterocycles. The molecule has 1 aliphatic rings. The van der Waals surface area contributed by atoms with Gasteiger partial charge in [0.2, 0.25) is 5.91 Å². The maximum Gasteiger partial charge on any atom is 0.265 e. The fourth-order valence-electron chi connectivity index (χ4n) is 2.52. The Kier molecular flexibility index (Phi) is 4.70. The van der Waals surface area contributed by atoms with Crippen LogP contribution < -0.4 is 16.6 Å². The van der Waals surface area contributed by atoms with Gasteiger partial charge < -0.3 is 5.32 Å². The van der Waals surface area contributed by atoms with Crippen molar-refractivity contribution >= 4 is 11.8 Å². The van der Waals surface area contributed by atoms with Crippen LogP contribution in [-0.2, 0) is 11.3 Å². The van der Waals surface area contributed by atoms with Gasteiger partial charge in [0.05, 0.1) is 6.04 Å². The number of hydrogen-bond acceptors (Lipinski definition) is 4. The first kappa shape index (κ1) is 14.5. The van der Waals surface area contributed by atoms with E-state index >= 15 is 0 Å². The predicted molar refractivity (Wildman–Crippen MR) is 75.6 cm³/mol. The quantitative estimate of drug-likeness (QED) is 0.410.